The molecule has 0 heterocycles. The summed E-state index contributed by atoms with van der Waals surface area (Å²) in [7, 11) is 0. The van der Waals surface area contributed by atoms with Crippen LogP contribution in [0.15, 0.2) is 84.9 Å². The fraction of sp³-hybridized carbons (Fsp3) is 0. The molecule has 0 aliphatic carbocycles. The molecule has 21 heavy (non-hydrogen) atoms. The van der Waals surface area contributed by atoms with E-state index in [-0.39, 0.29) is 5.91 Å². The first-order valence-corrected chi connectivity index (χ1v) is 6.85. The summed E-state index contributed by atoms with van der Waals surface area (Å²) < 4.78 is 0. The highest BCUT2D eigenvalue weighted by Crippen LogP contribution is 2.20. The second-order valence-corrected chi connectivity index (χ2v) is 4.77. The molecule has 2 heteroatoms. The molecule has 0 fully saturated rings. The van der Waals surface area contributed by atoms with E-state index in [1.807, 2.05) is 84.9 Å². The van der Waals surface area contributed by atoms with Crippen LogP contribution in [0, 0.1) is 0 Å². The molecule has 0 atom stereocenters. The fourth-order valence-corrected chi connectivity index (χ4v) is 2.20. The number of carbonyl (C=O) groups is 1. The van der Waals surface area contributed by atoms with E-state index in [9.17, 15) is 4.79 Å². The number of para-hydroxylation sites is 1. The van der Waals surface area contributed by atoms with Gasteiger partial charge in [-0.2, -0.15) is 0 Å². The van der Waals surface area contributed by atoms with Gasteiger partial charge in [-0.05, 0) is 35.4 Å². The molecule has 3 aromatic rings. The van der Waals surface area contributed by atoms with Crippen molar-refractivity contribution in [2.45, 2.75) is 0 Å². The Kier molecular flexibility index (Phi) is 3.79. The molecule has 0 spiro atoms. The molecule has 0 saturated carbocycles. The summed E-state index contributed by atoms with van der Waals surface area (Å²) in [5.74, 6) is -0.0982. The average molecular weight is 273 g/mol. The van der Waals surface area contributed by atoms with Gasteiger partial charge in [-0.25, -0.2) is 0 Å². The Labute approximate surface area is 124 Å². The number of benzene rings is 3. The Morgan fingerprint density at radius 2 is 1.29 bits per heavy atom. The van der Waals surface area contributed by atoms with E-state index < -0.39 is 0 Å². The smallest absolute Gasteiger partial charge is 0.255 e. The monoisotopic (exact) mass is 273 g/mol. The standard InChI is InChI=1S/C19H15NO/c21-19(20-18-12-5-2-6-13-18)17-11-7-10-16(14-17)15-8-3-1-4-9-15/h1-14H,(H,20,21). The van der Waals surface area contributed by atoms with E-state index in [0.717, 1.165) is 16.8 Å². The third kappa shape index (κ3) is 3.18. The Bertz CT molecular complexity index is 736. The number of rotatable bonds is 3. The van der Waals surface area contributed by atoms with Crippen LogP contribution < -0.4 is 5.32 Å². The molecule has 0 saturated heterocycles. The van der Waals surface area contributed by atoms with E-state index in [1.165, 1.54) is 0 Å². The molecule has 0 radical (unpaired) electrons. The van der Waals surface area contributed by atoms with Gasteiger partial charge in [0.05, 0.1) is 0 Å². The minimum absolute atomic E-state index is 0.0982. The predicted molar refractivity (Wildman–Crippen MR) is 86.3 cm³/mol. The van der Waals surface area contributed by atoms with Gasteiger partial charge in [0.2, 0.25) is 0 Å². The number of anilines is 1. The van der Waals surface area contributed by atoms with Gasteiger partial charge in [-0.3, -0.25) is 4.79 Å². The van der Waals surface area contributed by atoms with Crippen molar-refractivity contribution in [1.82, 2.24) is 0 Å². The zero-order chi connectivity index (χ0) is 14.5. The SMILES string of the molecule is O=C(Nc1ccccc1)c1cccc(-c2ccccc2)c1. The van der Waals surface area contributed by atoms with Crippen LogP contribution in [0.5, 0.6) is 0 Å². The van der Waals surface area contributed by atoms with Crippen LogP contribution in [0.4, 0.5) is 5.69 Å². The first kappa shape index (κ1) is 13.1. The summed E-state index contributed by atoms with van der Waals surface area (Å²) in [4.78, 5) is 12.3. The van der Waals surface area contributed by atoms with Crippen molar-refractivity contribution in [3.63, 3.8) is 0 Å². The highest BCUT2D eigenvalue weighted by molar-refractivity contribution is 6.04. The van der Waals surface area contributed by atoms with Crippen LogP contribution in [-0.2, 0) is 0 Å². The lowest BCUT2D eigenvalue weighted by atomic mass is 10.0. The third-order valence-corrected chi connectivity index (χ3v) is 3.26. The molecule has 0 aliphatic heterocycles. The highest BCUT2D eigenvalue weighted by atomic mass is 16.1. The lowest BCUT2D eigenvalue weighted by Crippen LogP contribution is -2.11. The van der Waals surface area contributed by atoms with Gasteiger partial charge in [-0.15, -0.1) is 0 Å². The van der Waals surface area contributed by atoms with Crippen LogP contribution >= 0.6 is 0 Å². The largest absolute Gasteiger partial charge is 0.322 e. The maximum atomic E-state index is 12.3. The number of amides is 1. The van der Waals surface area contributed by atoms with Gasteiger partial charge < -0.3 is 5.32 Å². The third-order valence-electron chi connectivity index (χ3n) is 3.26. The summed E-state index contributed by atoms with van der Waals surface area (Å²) in [5.41, 5.74) is 3.59. The maximum absolute atomic E-state index is 12.3. The predicted octanol–water partition coefficient (Wildman–Crippen LogP) is 4.61. The summed E-state index contributed by atoms with van der Waals surface area (Å²) in [6.07, 6.45) is 0. The van der Waals surface area contributed by atoms with Crippen molar-refractivity contribution in [1.29, 1.82) is 0 Å². The van der Waals surface area contributed by atoms with Crippen LogP contribution in [0.3, 0.4) is 0 Å². The van der Waals surface area contributed by atoms with Crippen molar-refractivity contribution in [3.8, 4) is 11.1 Å². The van der Waals surface area contributed by atoms with Crippen LogP contribution in [0.25, 0.3) is 11.1 Å². The van der Waals surface area contributed by atoms with Gasteiger partial charge in [0.1, 0.15) is 0 Å². The second-order valence-electron chi connectivity index (χ2n) is 4.77. The highest BCUT2D eigenvalue weighted by Gasteiger charge is 2.07. The summed E-state index contributed by atoms with van der Waals surface area (Å²) in [6.45, 7) is 0. The van der Waals surface area contributed by atoms with E-state index >= 15 is 0 Å². The van der Waals surface area contributed by atoms with Crippen molar-refractivity contribution in [3.05, 3.63) is 90.5 Å². The number of carbonyl (C=O) groups excluding carboxylic acids is 1. The van der Waals surface area contributed by atoms with E-state index in [1.54, 1.807) is 0 Å². The summed E-state index contributed by atoms with van der Waals surface area (Å²) in [6, 6.07) is 27.2. The topological polar surface area (TPSA) is 29.1 Å². The summed E-state index contributed by atoms with van der Waals surface area (Å²) >= 11 is 0. The van der Waals surface area contributed by atoms with Crippen molar-refractivity contribution in [2.75, 3.05) is 5.32 Å². The quantitative estimate of drug-likeness (QED) is 0.742. The molecule has 0 aliphatic rings. The normalized spacial score (nSPS) is 10.1. The molecule has 0 aromatic heterocycles. The zero-order valence-corrected chi connectivity index (χ0v) is 11.5. The molecular weight excluding hydrogens is 258 g/mol. The van der Waals surface area contributed by atoms with Crippen molar-refractivity contribution >= 4 is 11.6 Å². The van der Waals surface area contributed by atoms with Gasteiger partial charge in [0, 0.05) is 11.3 Å². The Balaban J connectivity index is 1.85. The van der Waals surface area contributed by atoms with Gasteiger partial charge >= 0.3 is 0 Å². The van der Waals surface area contributed by atoms with E-state index in [0.29, 0.717) is 5.56 Å². The molecule has 3 aromatic carbocycles. The van der Waals surface area contributed by atoms with Crippen LogP contribution in [0.1, 0.15) is 10.4 Å². The minimum Gasteiger partial charge on any atom is -0.322 e. The molecule has 2 nitrogen and oxygen atoms in total. The fourth-order valence-electron chi connectivity index (χ4n) is 2.20. The van der Waals surface area contributed by atoms with Crippen LogP contribution in [-0.4, -0.2) is 5.91 Å². The first-order chi connectivity index (χ1) is 10.3. The first-order valence-electron chi connectivity index (χ1n) is 6.85. The number of hydrogen-bond donors (Lipinski definition) is 1. The lowest BCUT2D eigenvalue weighted by Gasteiger charge is -2.07. The molecule has 0 bridgehead atoms. The average Bonchev–Trinajstić information content (AvgIpc) is 2.57. The molecule has 1 amide bonds. The van der Waals surface area contributed by atoms with Gasteiger partial charge in [-0.1, -0.05) is 60.7 Å². The van der Waals surface area contributed by atoms with Gasteiger partial charge in [0.25, 0.3) is 5.91 Å². The molecule has 102 valence electrons. The zero-order valence-electron chi connectivity index (χ0n) is 11.5. The number of nitrogens with one attached hydrogen (secondary N) is 1. The lowest BCUT2D eigenvalue weighted by molar-refractivity contribution is 0.102. The minimum atomic E-state index is -0.0982. The molecular formula is C19H15NO. The maximum Gasteiger partial charge on any atom is 0.255 e. The van der Waals surface area contributed by atoms with Gasteiger partial charge in [0.15, 0.2) is 0 Å². The Morgan fingerprint density at radius 1 is 0.667 bits per heavy atom. The van der Waals surface area contributed by atoms with E-state index in [4.69, 9.17) is 0 Å². The second kappa shape index (κ2) is 6.06. The van der Waals surface area contributed by atoms with E-state index in [2.05, 4.69) is 5.32 Å². The van der Waals surface area contributed by atoms with Crippen molar-refractivity contribution < 1.29 is 4.79 Å². The molecule has 1 N–H and O–H groups in total. The summed E-state index contributed by atoms with van der Waals surface area (Å²) in [5, 5.41) is 2.90. The number of hydrogen-bond acceptors (Lipinski definition) is 1. The molecule has 3 rings (SSSR count). The van der Waals surface area contributed by atoms with Crippen molar-refractivity contribution in [2.24, 2.45) is 0 Å². The Morgan fingerprint density at radius 3 is 2.00 bits per heavy atom. The van der Waals surface area contributed by atoms with Crippen LogP contribution in [0.2, 0.25) is 0 Å². The Hall–Kier alpha value is -2.87. The molecule has 0 unspecified atom stereocenters.